The largest absolute Gasteiger partial charge is 0.678 e. The first kappa shape index (κ1) is 8.07. The van der Waals surface area contributed by atoms with Gasteiger partial charge in [0.25, 0.3) is 5.97 Å². The van der Waals surface area contributed by atoms with Gasteiger partial charge in [0.05, 0.1) is 0 Å². The highest BCUT2D eigenvalue weighted by Gasteiger charge is 2.07. The van der Waals surface area contributed by atoms with Crippen molar-refractivity contribution in [2.24, 2.45) is 5.64 Å². The first-order chi connectivity index (χ1) is 3.68. The van der Waals surface area contributed by atoms with E-state index in [2.05, 4.69) is 4.65 Å². The van der Waals surface area contributed by atoms with Gasteiger partial charge < -0.3 is 10.3 Å². The number of hydrogen-bond acceptors (Lipinski definition) is 3. The lowest BCUT2D eigenvalue weighted by molar-refractivity contribution is -0.132. The van der Waals surface area contributed by atoms with Gasteiger partial charge in [-0.05, 0) is 0 Å². The number of rotatable bonds is 2. The molecule has 0 saturated carbocycles. The van der Waals surface area contributed by atoms with Crippen molar-refractivity contribution in [3.63, 3.8) is 0 Å². The van der Waals surface area contributed by atoms with Gasteiger partial charge in [0, 0.05) is 0 Å². The third kappa shape index (κ3) is 3.13. The molecule has 3 nitrogen and oxygen atoms in total. The predicted molar refractivity (Wildman–Crippen MR) is 34.3 cm³/mol. The van der Waals surface area contributed by atoms with E-state index in [-0.39, 0.29) is 0 Å². The summed E-state index contributed by atoms with van der Waals surface area (Å²) < 4.78 is 4.30. The molecule has 0 spiro atoms. The van der Waals surface area contributed by atoms with Crippen LogP contribution in [0.1, 0.15) is 0 Å². The van der Waals surface area contributed by atoms with Crippen molar-refractivity contribution in [3.05, 3.63) is 0 Å². The minimum absolute atomic E-state index is 0.657. The number of carbonyl (C=O) groups excluding carboxylic acids is 1. The van der Waals surface area contributed by atoms with E-state index in [0.717, 1.165) is 0 Å². The summed E-state index contributed by atoms with van der Waals surface area (Å²) in [5.41, 5.74) is 4.93. The van der Waals surface area contributed by atoms with Crippen molar-refractivity contribution < 1.29 is 9.45 Å². The summed E-state index contributed by atoms with van der Waals surface area (Å²) >= 11 is 10.1. The molecule has 0 radical (unpaired) electrons. The van der Waals surface area contributed by atoms with Crippen LogP contribution in [0.3, 0.4) is 0 Å². The van der Waals surface area contributed by atoms with Gasteiger partial charge in [-0.3, -0.25) is 4.79 Å². The Morgan fingerprint density at radius 1 is 1.75 bits per heavy atom. The van der Waals surface area contributed by atoms with E-state index in [1.165, 1.54) is 0 Å². The second-order valence-corrected chi connectivity index (χ2v) is 2.16. The van der Waals surface area contributed by atoms with Gasteiger partial charge in [-0.25, -0.2) is 0 Å². The fourth-order valence-corrected chi connectivity index (χ4v) is 0.383. The van der Waals surface area contributed by atoms with Crippen LogP contribution in [-0.2, 0) is 9.45 Å². The molecule has 2 N–H and O–H groups in total. The molecule has 0 atom stereocenters. The molecule has 0 heterocycles. The van der Waals surface area contributed by atoms with Gasteiger partial charge in [0.1, 0.15) is 0 Å². The molecule has 0 aromatic rings. The highest BCUT2D eigenvalue weighted by atomic mass is 35.5. The van der Waals surface area contributed by atoms with Crippen LogP contribution < -0.4 is 5.64 Å². The standard InChI is InChI=1S/C2H5BCl2NO2/c4-1(5)2(7)8-3-6/h1H,3,6H2/q-1. The summed E-state index contributed by atoms with van der Waals surface area (Å²) in [6.07, 6.45) is 0. The van der Waals surface area contributed by atoms with Crippen LogP contribution in [0.2, 0.25) is 0 Å². The predicted octanol–water partition coefficient (Wildman–Crippen LogP) is -0.709. The van der Waals surface area contributed by atoms with E-state index in [0.29, 0.717) is 0 Å². The Bertz CT molecular complexity index is 88.1. The molecule has 6 heteroatoms. The van der Waals surface area contributed by atoms with Crippen molar-refractivity contribution in [1.82, 2.24) is 0 Å². The Balaban J connectivity index is 3.33. The van der Waals surface area contributed by atoms with Gasteiger partial charge >= 0.3 is 0 Å². The monoisotopic (exact) mass is 156 g/mol. The second-order valence-electron chi connectivity index (χ2n) is 1.06. The quantitative estimate of drug-likeness (QED) is 0.425. The van der Waals surface area contributed by atoms with Crippen LogP contribution in [0.4, 0.5) is 0 Å². The van der Waals surface area contributed by atoms with Crippen LogP contribution in [0.15, 0.2) is 0 Å². The molecular weight excluding hydrogens is 152 g/mol. The molecule has 0 saturated heterocycles. The summed E-state index contributed by atoms with van der Waals surface area (Å²) in [7, 11) is -1.09. The smallest absolute Gasteiger partial charge is 0.292 e. The maximum atomic E-state index is 10.2. The van der Waals surface area contributed by atoms with Crippen LogP contribution in [0.25, 0.3) is 0 Å². The molecule has 8 heavy (non-hydrogen) atoms. The molecule has 48 valence electrons. The molecule has 0 fully saturated rings. The third-order valence-corrected chi connectivity index (χ3v) is 0.854. The number of nitrogens with two attached hydrogens (primary N) is 1. The summed E-state index contributed by atoms with van der Waals surface area (Å²) in [5, 5.41) is 0. The topological polar surface area (TPSA) is 52.3 Å². The zero-order chi connectivity index (χ0) is 6.57. The Hall–Kier alpha value is 0.0749. The highest BCUT2D eigenvalue weighted by molar-refractivity contribution is 6.53. The molecule has 0 aliphatic carbocycles. The van der Waals surface area contributed by atoms with Crippen molar-refractivity contribution in [2.45, 2.75) is 4.84 Å². The van der Waals surface area contributed by atoms with E-state index in [1.807, 2.05) is 0 Å². The van der Waals surface area contributed by atoms with Crippen LogP contribution in [-0.4, -0.2) is 18.4 Å². The highest BCUT2D eigenvalue weighted by Crippen LogP contribution is 2.01. The Morgan fingerprint density at radius 3 is 2.38 bits per heavy atom. The minimum Gasteiger partial charge on any atom is -0.678 e. The molecular formula is C2H5BCl2NO2-. The second kappa shape index (κ2) is 4.00. The maximum absolute atomic E-state index is 10.2. The number of carbonyl (C=O) groups is 1. The minimum atomic E-state index is -1.10. The number of hydrogen-bond donors (Lipinski definition) is 1. The van der Waals surface area contributed by atoms with Crippen LogP contribution in [0, 0.1) is 0 Å². The normalized spacial score (nSPS) is 9.50. The lowest BCUT2D eigenvalue weighted by Crippen LogP contribution is -2.20. The summed E-state index contributed by atoms with van der Waals surface area (Å²) in [4.78, 5) is 9.11. The molecule has 0 amide bonds. The zero-order valence-corrected chi connectivity index (χ0v) is 5.74. The lowest BCUT2D eigenvalue weighted by atomic mass is 10.3. The van der Waals surface area contributed by atoms with Crippen LogP contribution in [0.5, 0.6) is 0 Å². The average molecular weight is 157 g/mol. The summed E-state index contributed by atoms with van der Waals surface area (Å²) in [6.45, 7) is 0. The Kier molecular flexibility index (Phi) is 4.04. The zero-order valence-electron chi connectivity index (χ0n) is 4.23. The van der Waals surface area contributed by atoms with Gasteiger partial charge in [-0.2, -0.15) is 0 Å². The van der Waals surface area contributed by atoms with Gasteiger partial charge in [-0.1, -0.05) is 23.2 Å². The van der Waals surface area contributed by atoms with Crippen molar-refractivity contribution >= 4 is 36.8 Å². The first-order valence-electron chi connectivity index (χ1n) is 2.12. The fourth-order valence-electron chi connectivity index (χ4n) is 0.205. The van der Waals surface area contributed by atoms with E-state index in [9.17, 15) is 4.79 Å². The Morgan fingerprint density at radius 2 is 2.25 bits per heavy atom. The van der Waals surface area contributed by atoms with Gasteiger partial charge in [-0.15, -0.1) is 0 Å². The molecule has 0 aromatic heterocycles. The van der Waals surface area contributed by atoms with Gasteiger partial charge in [0.2, 0.25) is 7.62 Å². The van der Waals surface area contributed by atoms with Gasteiger partial charge in [0.15, 0.2) is 4.84 Å². The SMILES string of the molecule is N[BH2-]OC(=O)C(Cl)Cl. The van der Waals surface area contributed by atoms with Crippen molar-refractivity contribution in [2.75, 3.05) is 0 Å². The van der Waals surface area contributed by atoms with E-state index >= 15 is 0 Å². The third-order valence-electron chi connectivity index (χ3n) is 0.497. The molecule has 0 rings (SSSR count). The molecule has 0 unspecified atom stereocenters. The molecule has 0 aliphatic rings. The summed E-state index contributed by atoms with van der Waals surface area (Å²) in [5.74, 6) is -0.657. The Labute approximate surface area is 57.4 Å². The first-order valence-corrected chi connectivity index (χ1v) is 2.99. The van der Waals surface area contributed by atoms with E-state index in [4.69, 9.17) is 28.8 Å². The van der Waals surface area contributed by atoms with Crippen molar-refractivity contribution in [1.29, 1.82) is 0 Å². The molecule has 0 aromatic carbocycles. The van der Waals surface area contributed by atoms with Crippen LogP contribution >= 0.6 is 23.2 Å². The average Bonchev–Trinajstić information content (AvgIpc) is 1.67. The van der Waals surface area contributed by atoms with E-state index in [1.54, 1.807) is 0 Å². The van der Waals surface area contributed by atoms with Crippen molar-refractivity contribution in [3.8, 4) is 0 Å². The lowest BCUT2D eigenvalue weighted by Gasteiger charge is -2.07. The summed E-state index contributed by atoms with van der Waals surface area (Å²) in [6, 6.07) is 0. The molecule has 0 aliphatic heterocycles. The fraction of sp³-hybridized carbons (Fsp3) is 0.500. The number of alkyl halides is 2. The van der Waals surface area contributed by atoms with E-state index < -0.39 is 18.4 Å². The molecule has 0 bridgehead atoms. The number of halogens is 2. The maximum Gasteiger partial charge on any atom is 0.292 e.